The summed E-state index contributed by atoms with van der Waals surface area (Å²) in [7, 11) is 5.50. The van der Waals surface area contributed by atoms with E-state index in [-0.39, 0.29) is 36.2 Å². The summed E-state index contributed by atoms with van der Waals surface area (Å²) in [5, 5.41) is 9.60. The number of esters is 2. The number of aliphatic carboxylic acids is 1. The number of allylic oxidation sites excluding steroid dienone is 12. The number of nitrogens with zero attached hydrogens (tertiary/aromatic N) is 1. The molecular weight excluding hydrogens is 679 g/mol. The Kier molecular flexibility index (Phi) is 34.5. The predicted molar refractivity (Wildman–Crippen MR) is 224 cm³/mol. The summed E-state index contributed by atoms with van der Waals surface area (Å²) in [5.41, 5.74) is 0. The molecule has 2 atom stereocenters. The lowest BCUT2D eigenvalue weighted by Gasteiger charge is -2.31. The van der Waals surface area contributed by atoms with Crippen LogP contribution in [-0.4, -0.2) is 80.6 Å². The van der Waals surface area contributed by atoms with Crippen LogP contribution >= 0.6 is 0 Å². The number of ether oxygens (including phenoxy) is 3. The Balaban J connectivity index is 4.46. The third-order valence-electron chi connectivity index (χ3n) is 8.82. The minimum atomic E-state index is -0.885. The Morgan fingerprint density at radius 2 is 1.04 bits per heavy atom. The summed E-state index contributed by atoms with van der Waals surface area (Å²) in [5.74, 6) is -1.53. The number of carboxylic acid groups (broad SMARTS) is 1. The van der Waals surface area contributed by atoms with Gasteiger partial charge in [-0.15, -0.1) is 0 Å². The average molecular weight is 757 g/mol. The van der Waals surface area contributed by atoms with E-state index in [1.54, 1.807) is 0 Å². The van der Waals surface area contributed by atoms with Crippen LogP contribution in [0.5, 0.6) is 0 Å². The van der Waals surface area contributed by atoms with E-state index in [1.165, 1.54) is 6.42 Å². The van der Waals surface area contributed by atoms with Gasteiger partial charge in [-0.25, -0.2) is 4.79 Å². The number of hydrogen-bond donors (Lipinski definition) is 1. The second-order valence-corrected chi connectivity index (χ2v) is 14.9. The first-order chi connectivity index (χ1) is 26.1. The molecule has 0 aromatic rings. The van der Waals surface area contributed by atoms with E-state index < -0.39 is 18.1 Å². The number of carboxylic acids is 1. The molecule has 0 fully saturated rings. The van der Waals surface area contributed by atoms with E-state index in [2.05, 4.69) is 86.8 Å². The highest BCUT2D eigenvalue weighted by Crippen LogP contribution is 2.12. The fraction of sp³-hybridized carbons (Fsp3) is 0.674. The van der Waals surface area contributed by atoms with Gasteiger partial charge in [0.15, 0.2) is 12.1 Å². The minimum absolute atomic E-state index is 0.0425. The van der Waals surface area contributed by atoms with E-state index in [1.807, 2.05) is 21.1 Å². The van der Waals surface area contributed by atoms with Gasteiger partial charge in [-0.3, -0.25) is 9.59 Å². The quantitative estimate of drug-likeness (QED) is 0.0294. The molecule has 0 aliphatic heterocycles. The molecule has 0 aromatic heterocycles. The van der Waals surface area contributed by atoms with E-state index >= 15 is 0 Å². The first-order valence-electron chi connectivity index (χ1n) is 21.0. The molecule has 0 aliphatic rings. The first-order valence-corrected chi connectivity index (χ1v) is 21.0. The van der Waals surface area contributed by atoms with Crippen molar-refractivity contribution in [1.82, 2.24) is 0 Å². The number of rotatable bonds is 36. The number of hydrogen-bond acceptors (Lipinski definition) is 6. The molecule has 308 valence electrons. The van der Waals surface area contributed by atoms with Crippen molar-refractivity contribution in [1.29, 1.82) is 0 Å². The molecule has 0 aliphatic carbocycles. The Labute approximate surface area is 330 Å². The molecule has 0 radical (unpaired) electrons. The fourth-order valence-electron chi connectivity index (χ4n) is 5.59. The van der Waals surface area contributed by atoms with E-state index in [4.69, 9.17) is 14.2 Å². The predicted octanol–water partition coefficient (Wildman–Crippen LogP) is 11.2. The van der Waals surface area contributed by atoms with Crippen LogP contribution in [0.3, 0.4) is 0 Å². The van der Waals surface area contributed by atoms with Gasteiger partial charge in [0, 0.05) is 19.3 Å². The van der Waals surface area contributed by atoms with Gasteiger partial charge in [0.25, 0.3) is 0 Å². The number of quaternary nitrogens is 1. The van der Waals surface area contributed by atoms with Crippen molar-refractivity contribution in [3.8, 4) is 0 Å². The smallest absolute Gasteiger partial charge is 0.362 e. The normalized spacial score (nSPS) is 13.7. The fourth-order valence-corrected chi connectivity index (χ4v) is 5.59. The van der Waals surface area contributed by atoms with Crippen molar-refractivity contribution in [2.75, 3.05) is 41.0 Å². The zero-order valence-corrected chi connectivity index (χ0v) is 34.9. The third kappa shape index (κ3) is 34.5. The standard InChI is InChI=1S/C46H77NO7/c1-6-8-10-12-14-16-18-20-21-22-23-25-27-29-31-33-35-37-45(49)54-42(40-52-39-38-43(46(50)51)47(3,4)5)41-53-44(48)36-34-32-30-28-26-24-19-17-15-13-11-9-7-2/h8,10-11,13-14,16-17,19-21,23,25,42-43H,6-7,9,12,15,18,22,24,26-41H2,1-5H3/p+1/b10-8-,13-11-,16-14-,19-17-,21-20-,25-23-. The molecule has 54 heavy (non-hydrogen) atoms. The van der Waals surface area contributed by atoms with Crippen molar-refractivity contribution in [2.45, 2.75) is 161 Å². The molecule has 0 rings (SSSR count). The molecule has 1 N–H and O–H groups in total. The molecule has 0 spiro atoms. The van der Waals surface area contributed by atoms with Crippen LogP contribution in [0.1, 0.15) is 149 Å². The van der Waals surface area contributed by atoms with Gasteiger partial charge < -0.3 is 23.8 Å². The van der Waals surface area contributed by atoms with Crippen LogP contribution in [0, 0.1) is 0 Å². The molecule has 0 heterocycles. The summed E-state index contributed by atoms with van der Waals surface area (Å²) in [6, 6.07) is -0.624. The van der Waals surface area contributed by atoms with Crippen LogP contribution in [0.15, 0.2) is 72.9 Å². The van der Waals surface area contributed by atoms with Crippen LogP contribution in [-0.2, 0) is 28.6 Å². The Hall–Kier alpha value is -3.23. The summed E-state index contributed by atoms with van der Waals surface area (Å²) in [6.07, 6.45) is 45.1. The van der Waals surface area contributed by atoms with Crippen molar-refractivity contribution in [3.63, 3.8) is 0 Å². The van der Waals surface area contributed by atoms with Gasteiger partial charge in [0.2, 0.25) is 0 Å². The average Bonchev–Trinajstić information content (AvgIpc) is 3.12. The number of likely N-dealkylation sites (N-methyl/N-ethyl adjacent to an activating group) is 1. The molecule has 8 heteroatoms. The number of carbonyl (C=O) groups is 3. The summed E-state index contributed by atoms with van der Waals surface area (Å²) in [4.78, 5) is 36.9. The number of carbonyl (C=O) groups excluding carboxylic acids is 2. The van der Waals surface area contributed by atoms with Gasteiger partial charge in [0.1, 0.15) is 6.61 Å². The molecule has 0 saturated heterocycles. The van der Waals surface area contributed by atoms with Crippen LogP contribution in [0.4, 0.5) is 0 Å². The van der Waals surface area contributed by atoms with Crippen LogP contribution in [0.2, 0.25) is 0 Å². The zero-order valence-electron chi connectivity index (χ0n) is 34.9. The van der Waals surface area contributed by atoms with Crippen LogP contribution < -0.4 is 0 Å². The van der Waals surface area contributed by atoms with Gasteiger partial charge in [-0.05, 0) is 77.0 Å². The van der Waals surface area contributed by atoms with Crippen molar-refractivity contribution in [3.05, 3.63) is 72.9 Å². The van der Waals surface area contributed by atoms with Crippen molar-refractivity contribution >= 4 is 17.9 Å². The molecule has 0 aromatic carbocycles. The van der Waals surface area contributed by atoms with E-state index in [9.17, 15) is 19.5 Å². The maximum atomic E-state index is 12.7. The van der Waals surface area contributed by atoms with Crippen LogP contribution in [0.25, 0.3) is 0 Å². The highest BCUT2D eigenvalue weighted by atomic mass is 16.6. The lowest BCUT2D eigenvalue weighted by Crippen LogP contribution is -2.50. The lowest BCUT2D eigenvalue weighted by molar-refractivity contribution is -0.887. The lowest BCUT2D eigenvalue weighted by atomic mass is 10.1. The minimum Gasteiger partial charge on any atom is -0.477 e. The Bertz CT molecular complexity index is 1110. The second kappa shape index (κ2) is 36.7. The third-order valence-corrected chi connectivity index (χ3v) is 8.82. The van der Waals surface area contributed by atoms with Gasteiger partial charge >= 0.3 is 17.9 Å². The van der Waals surface area contributed by atoms with Crippen molar-refractivity contribution < 1.29 is 38.2 Å². The summed E-state index contributed by atoms with van der Waals surface area (Å²) in [6.45, 7) is 4.49. The molecule has 0 bridgehead atoms. The first kappa shape index (κ1) is 50.8. The largest absolute Gasteiger partial charge is 0.477 e. The summed E-state index contributed by atoms with van der Waals surface area (Å²) >= 11 is 0. The zero-order chi connectivity index (χ0) is 40.0. The topological polar surface area (TPSA) is 99.1 Å². The van der Waals surface area contributed by atoms with E-state index in [0.717, 1.165) is 109 Å². The maximum absolute atomic E-state index is 12.7. The Morgan fingerprint density at radius 1 is 0.574 bits per heavy atom. The molecule has 0 amide bonds. The maximum Gasteiger partial charge on any atom is 0.362 e. The van der Waals surface area contributed by atoms with Crippen molar-refractivity contribution in [2.24, 2.45) is 0 Å². The highest BCUT2D eigenvalue weighted by Gasteiger charge is 2.31. The monoisotopic (exact) mass is 757 g/mol. The van der Waals surface area contributed by atoms with Gasteiger partial charge in [0.05, 0.1) is 34.4 Å². The number of unbranched alkanes of at least 4 members (excludes halogenated alkanes) is 10. The summed E-state index contributed by atoms with van der Waals surface area (Å²) < 4.78 is 17.2. The highest BCUT2D eigenvalue weighted by molar-refractivity contribution is 5.72. The molecule has 0 saturated carbocycles. The van der Waals surface area contributed by atoms with Gasteiger partial charge in [-0.1, -0.05) is 125 Å². The van der Waals surface area contributed by atoms with Gasteiger partial charge in [-0.2, -0.15) is 0 Å². The van der Waals surface area contributed by atoms with E-state index in [0.29, 0.717) is 19.3 Å². The second-order valence-electron chi connectivity index (χ2n) is 14.9. The molecular formula is C46H78NO7+. The Morgan fingerprint density at radius 3 is 1.54 bits per heavy atom. The molecule has 8 nitrogen and oxygen atoms in total. The SMILES string of the molecule is CC/C=C\C/C=C\C/C=C\C/C=C\CCCCCCC(=O)OC(COCCC(C(=O)O)[N+](C)(C)C)COC(=O)CCCCCCC/C=C\C/C=C\CCC. The molecule has 2 unspecified atom stereocenters.